The average Bonchev–Trinajstić information content (AvgIpc) is 3.39. The summed E-state index contributed by atoms with van der Waals surface area (Å²) in [5.41, 5.74) is 6.10. The Morgan fingerprint density at radius 3 is 2.33 bits per heavy atom. The molecule has 2 aromatic carbocycles. The van der Waals surface area contributed by atoms with Crippen molar-refractivity contribution >= 4 is 23.0 Å². The largest absolute Gasteiger partial charge is 0.394 e. The fourth-order valence-corrected chi connectivity index (χ4v) is 7.34. The van der Waals surface area contributed by atoms with Crippen molar-refractivity contribution in [2.75, 3.05) is 84.8 Å². The molecular formula is C44H67N4O9+. The van der Waals surface area contributed by atoms with Gasteiger partial charge < -0.3 is 54.9 Å². The van der Waals surface area contributed by atoms with Gasteiger partial charge in [-0.1, -0.05) is 68.5 Å². The molecule has 0 unspecified atom stereocenters. The van der Waals surface area contributed by atoms with Crippen LogP contribution in [-0.2, 0) is 34.6 Å². The van der Waals surface area contributed by atoms with Crippen LogP contribution in [0.3, 0.4) is 0 Å². The second-order valence-corrected chi connectivity index (χ2v) is 15.8. The molecule has 0 aliphatic carbocycles. The maximum absolute atomic E-state index is 12.4. The van der Waals surface area contributed by atoms with Crippen LogP contribution in [0.4, 0.5) is 11.4 Å². The molecule has 1 fully saturated rings. The van der Waals surface area contributed by atoms with Gasteiger partial charge in [-0.25, -0.2) is 0 Å². The quantitative estimate of drug-likeness (QED) is 0.0526. The summed E-state index contributed by atoms with van der Waals surface area (Å²) in [6.07, 6.45) is 4.56. The van der Waals surface area contributed by atoms with Crippen molar-refractivity contribution in [3.63, 3.8) is 0 Å². The maximum Gasteiger partial charge on any atom is 0.220 e. The number of ether oxygens (including phenoxy) is 4. The zero-order valence-corrected chi connectivity index (χ0v) is 34.7. The number of para-hydroxylation sites is 2. The van der Waals surface area contributed by atoms with Crippen molar-refractivity contribution in [3.05, 3.63) is 84.0 Å². The van der Waals surface area contributed by atoms with Gasteiger partial charge in [-0.15, -0.1) is 0 Å². The third kappa shape index (κ3) is 13.0. The van der Waals surface area contributed by atoms with Gasteiger partial charge in [0.25, 0.3) is 0 Å². The van der Waals surface area contributed by atoms with Crippen LogP contribution < -0.4 is 15.5 Å². The summed E-state index contributed by atoms with van der Waals surface area (Å²) in [6, 6.07) is 17.2. The minimum Gasteiger partial charge on any atom is -0.394 e. The highest BCUT2D eigenvalue weighted by molar-refractivity contribution is 6.03. The zero-order valence-electron chi connectivity index (χ0n) is 34.7. The second-order valence-electron chi connectivity index (χ2n) is 15.8. The van der Waals surface area contributed by atoms with Crippen molar-refractivity contribution in [2.24, 2.45) is 0 Å². The molecule has 2 aliphatic rings. The summed E-state index contributed by atoms with van der Waals surface area (Å²) in [4.78, 5) is 14.7. The number of carbonyl (C=O) groups excluding carboxylic acids is 1. The number of rotatable bonds is 24. The molecule has 4 rings (SSSR count). The average molecular weight is 796 g/mol. The van der Waals surface area contributed by atoms with E-state index in [1.807, 2.05) is 0 Å². The van der Waals surface area contributed by atoms with Gasteiger partial charge >= 0.3 is 0 Å². The van der Waals surface area contributed by atoms with Crippen molar-refractivity contribution < 1.29 is 48.7 Å². The van der Waals surface area contributed by atoms with Crippen LogP contribution in [-0.4, -0.2) is 147 Å². The topological polar surface area (TPSA) is 165 Å². The van der Waals surface area contributed by atoms with Crippen molar-refractivity contribution in [1.82, 2.24) is 10.6 Å². The normalized spacial score (nSPS) is 22.1. The molecule has 13 heteroatoms. The molecular weight excluding hydrogens is 729 g/mol. The van der Waals surface area contributed by atoms with E-state index in [9.17, 15) is 25.2 Å². The summed E-state index contributed by atoms with van der Waals surface area (Å²) in [5, 5.41) is 44.9. The van der Waals surface area contributed by atoms with E-state index in [1.165, 1.54) is 28.2 Å². The van der Waals surface area contributed by atoms with Gasteiger partial charge in [0.2, 0.25) is 11.6 Å². The van der Waals surface area contributed by atoms with E-state index in [1.54, 1.807) is 0 Å². The number of anilines is 1. The molecule has 0 spiro atoms. The summed E-state index contributed by atoms with van der Waals surface area (Å²) >= 11 is 0. The Hall–Kier alpha value is -3.50. The van der Waals surface area contributed by atoms with Crippen LogP contribution in [0.15, 0.2) is 72.8 Å². The van der Waals surface area contributed by atoms with Crippen LogP contribution in [0, 0.1) is 0 Å². The van der Waals surface area contributed by atoms with Gasteiger partial charge in [0.05, 0.1) is 45.1 Å². The van der Waals surface area contributed by atoms with Crippen LogP contribution in [0.5, 0.6) is 0 Å². The van der Waals surface area contributed by atoms with E-state index in [-0.39, 0.29) is 23.3 Å². The van der Waals surface area contributed by atoms with E-state index in [0.29, 0.717) is 52.5 Å². The fraction of sp³-hybridized carbons (Fsp3) is 0.591. The number of nitrogens with one attached hydrogen (secondary N) is 2. The number of unbranched alkanes of at least 4 members (excludes halogenated alkanes) is 1. The molecule has 2 aromatic rings. The first-order valence-electron chi connectivity index (χ1n) is 20.2. The molecule has 57 heavy (non-hydrogen) atoms. The molecule has 1 saturated heterocycles. The minimum atomic E-state index is -1.46. The van der Waals surface area contributed by atoms with Crippen molar-refractivity contribution in [3.8, 4) is 0 Å². The molecule has 316 valence electrons. The number of fused-ring (bicyclic) bond motifs is 1. The van der Waals surface area contributed by atoms with Gasteiger partial charge in [-0.05, 0) is 38.3 Å². The summed E-state index contributed by atoms with van der Waals surface area (Å²) < 4.78 is 24.1. The number of amides is 1. The van der Waals surface area contributed by atoms with Crippen LogP contribution in [0.1, 0.15) is 58.1 Å². The Balaban J connectivity index is 1.04. The maximum atomic E-state index is 12.4. The number of benzene rings is 2. The van der Waals surface area contributed by atoms with Gasteiger partial charge in [0.15, 0.2) is 12.0 Å². The van der Waals surface area contributed by atoms with E-state index in [0.717, 1.165) is 19.4 Å². The number of nitrogens with zero attached hydrogens (tertiary/aromatic N) is 2. The van der Waals surface area contributed by atoms with Gasteiger partial charge in [0.1, 0.15) is 31.5 Å². The lowest BCUT2D eigenvalue weighted by molar-refractivity contribution is -0.401. The number of hydrogen-bond acceptors (Lipinski definition) is 11. The number of carbonyl (C=O) groups is 1. The zero-order chi connectivity index (χ0) is 41.4. The molecule has 6 N–H and O–H groups in total. The molecule has 13 nitrogen and oxygen atoms in total. The van der Waals surface area contributed by atoms with Crippen molar-refractivity contribution in [1.29, 1.82) is 0 Å². The molecule has 2 aliphatic heterocycles. The lowest BCUT2D eigenvalue weighted by atomic mass is 9.81. The lowest BCUT2D eigenvalue weighted by Gasteiger charge is -2.39. The standard InChI is InChI=1S/C44H66N4O9/c1-43(2,21-13-11-19-37-44(3,4)33-16-8-10-18-35(33)48(37)6)32-15-7-9-17-34(32)47(5)25-14-12-20-38(50)46-24-27-55-30-29-54-26-22-45-23-28-56-42-41(53)40(52)39(51)36(31-49)57-42/h7-11,13,15-19,21,36,39-42,45,49,51-53H,12,14,20,22-31H2,1-6H3/p+1/b19-11+,21-13-/t36-,39-,40+,41-,42-/m1/s1. The van der Waals surface area contributed by atoms with E-state index >= 15 is 0 Å². The van der Waals surface area contributed by atoms with E-state index in [4.69, 9.17) is 18.9 Å². The Morgan fingerprint density at radius 1 is 0.912 bits per heavy atom. The monoisotopic (exact) mass is 795 g/mol. The highest BCUT2D eigenvalue weighted by atomic mass is 16.7. The summed E-state index contributed by atoms with van der Waals surface area (Å²) in [7, 11) is 4.26. The molecule has 0 saturated carbocycles. The van der Waals surface area contributed by atoms with Crippen LogP contribution in [0.2, 0.25) is 0 Å². The smallest absolute Gasteiger partial charge is 0.220 e. The predicted molar refractivity (Wildman–Crippen MR) is 222 cm³/mol. The Bertz CT molecular complexity index is 1640. The second kappa shape index (κ2) is 22.6. The first kappa shape index (κ1) is 46.2. The first-order valence-corrected chi connectivity index (χ1v) is 20.2. The molecule has 1 amide bonds. The highest BCUT2D eigenvalue weighted by Crippen LogP contribution is 2.39. The lowest BCUT2D eigenvalue weighted by Crippen LogP contribution is -2.59. The molecule has 0 bridgehead atoms. The van der Waals surface area contributed by atoms with Gasteiger partial charge in [-0.3, -0.25) is 4.79 Å². The SMILES string of the molecule is CN(CCCCC(=O)NCCOCCOCCNCCO[C@@H]1O[C@H](CO)[C@@H](O)[C@H](O)[C@H]1O)c1ccccc1C(C)(C)/C=C\C=C\C1=[N+](C)c2ccccc2C1(C)C. The molecule has 5 atom stereocenters. The van der Waals surface area contributed by atoms with Crippen LogP contribution >= 0.6 is 0 Å². The Labute approximate surface area is 339 Å². The Morgan fingerprint density at radius 2 is 1.60 bits per heavy atom. The van der Waals surface area contributed by atoms with Crippen LogP contribution in [0.25, 0.3) is 0 Å². The summed E-state index contributed by atoms with van der Waals surface area (Å²) in [6.45, 7) is 12.8. The highest BCUT2D eigenvalue weighted by Gasteiger charge is 2.44. The third-order valence-corrected chi connectivity index (χ3v) is 10.7. The van der Waals surface area contributed by atoms with E-state index in [2.05, 4.69) is 135 Å². The van der Waals surface area contributed by atoms with E-state index < -0.39 is 37.3 Å². The molecule has 0 radical (unpaired) electrons. The molecule has 0 aromatic heterocycles. The third-order valence-electron chi connectivity index (χ3n) is 10.7. The van der Waals surface area contributed by atoms with Gasteiger partial charge in [-0.2, -0.15) is 4.58 Å². The van der Waals surface area contributed by atoms with Gasteiger partial charge in [0, 0.05) is 68.5 Å². The van der Waals surface area contributed by atoms with Crippen molar-refractivity contribution in [2.45, 2.75) is 88.5 Å². The number of aliphatic hydroxyl groups excluding tert-OH is 4. The number of aliphatic hydroxyl groups is 4. The Kier molecular flexibility index (Phi) is 18.3. The molecule has 2 heterocycles. The minimum absolute atomic E-state index is 0.0213. The fourth-order valence-electron chi connectivity index (χ4n) is 7.34. The predicted octanol–water partition coefficient (Wildman–Crippen LogP) is 2.94. The number of allylic oxidation sites excluding steroid dienone is 4. The number of hydrogen-bond donors (Lipinski definition) is 6. The first-order chi connectivity index (χ1) is 27.3. The summed E-state index contributed by atoms with van der Waals surface area (Å²) in [5.74, 6) is 0.0213.